The molecular formula is C28H34FO7PS. The van der Waals surface area contributed by atoms with Crippen LogP contribution in [0.25, 0.3) is 17.2 Å². The molecule has 1 atom stereocenters. The molecule has 7 nitrogen and oxygen atoms in total. The number of phosphoric ester groups is 1. The summed E-state index contributed by atoms with van der Waals surface area (Å²) in [5, 5.41) is 0. The van der Waals surface area contributed by atoms with Crippen LogP contribution in [0.1, 0.15) is 56.7 Å². The summed E-state index contributed by atoms with van der Waals surface area (Å²) in [6.07, 6.45) is 4.60. The second kappa shape index (κ2) is 14.1. The molecule has 38 heavy (non-hydrogen) atoms. The second-order valence-corrected chi connectivity index (χ2v) is 11.6. The van der Waals surface area contributed by atoms with Gasteiger partial charge in [0.2, 0.25) is 0 Å². The molecule has 0 saturated heterocycles. The van der Waals surface area contributed by atoms with Crippen molar-refractivity contribution in [2.75, 3.05) is 32.7 Å². The molecular weight excluding hydrogens is 530 g/mol. The average Bonchev–Trinajstić information content (AvgIpc) is 3.11. The lowest BCUT2D eigenvalue weighted by Crippen LogP contribution is -2.08. The number of carbonyl (C=O) groups is 1. The Balaban J connectivity index is 1.65. The van der Waals surface area contributed by atoms with Gasteiger partial charge in [0.25, 0.3) is 0 Å². The standard InChI is InChI=1S/C28H34FO7PS/c1-5-34-37(31,35-6-2)36-15-8-7-14-33-28(30)19-26-20(3)25(24-13-12-22(29)18-27(24)26)17-21-10-9-11-23(16-21)38(4)32/h9-13,16-18H,5-8,14-15,19H2,1-4H3/b25-17-. The van der Waals surface area contributed by atoms with Crippen molar-refractivity contribution in [3.63, 3.8) is 0 Å². The van der Waals surface area contributed by atoms with E-state index in [2.05, 4.69) is 0 Å². The van der Waals surface area contributed by atoms with Crippen LogP contribution in [0.2, 0.25) is 0 Å². The molecule has 0 spiro atoms. The Morgan fingerprint density at radius 3 is 2.39 bits per heavy atom. The molecule has 0 saturated carbocycles. The fourth-order valence-electron chi connectivity index (χ4n) is 4.12. The van der Waals surface area contributed by atoms with Crippen LogP contribution in [0.4, 0.5) is 4.39 Å². The van der Waals surface area contributed by atoms with E-state index in [9.17, 15) is 18.0 Å². The smallest absolute Gasteiger partial charge is 0.465 e. The topological polar surface area (TPSA) is 88.1 Å². The van der Waals surface area contributed by atoms with Crippen molar-refractivity contribution in [1.82, 2.24) is 0 Å². The largest absolute Gasteiger partial charge is 0.474 e. The zero-order valence-electron chi connectivity index (χ0n) is 22.2. The minimum atomic E-state index is -3.55. The van der Waals surface area contributed by atoms with Gasteiger partial charge in [0, 0.05) is 22.0 Å². The van der Waals surface area contributed by atoms with E-state index in [0.717, 1.165) is 22.3 Å². The van der Waals surface area contributed by atoms with Crippen molar-refractivity contribution in [3.8, 4) is 0 Å². The summed E-state index contributed by atoms with van der Waals surface area (Å²) in [5.74, 6) is -0.808. The molecule has 10 heteroatoms. The van der Waals surface area contributed by atoms with Crippen molar-refractivity contribution >= 4 is 41.8 Å². The zero-order chi connectivity index (χ0) is 27.7. The summed E-state index contributed by atoms with van der Waals surface area (Å²) in [5.41, 5.74) is 4.82. The molecule has 2 aromatic carbocycles. The van der Waals surface area contributed by atoms with Crippen LogP contribution in [0.3, 0.4) is 0 Å². The van der Waals surface area contributed by atoms with E-state index in [1.807, 2.05) is 37.3 Å². The summed E-state index contributed by atoms with van der Waals surface area (Å²) in [7, 11) is -4.67. The number of phosphoric acid groups is 1. The Hall–Kier alpha value is -2.42. The summed E-state index contributed by atoms with van der Waals surface area (Å²) >= 11 is 0. The third-order valence-corrected chi connectivity index (χ3v) is 8.47. The maximum atomic E-state index is 14.2. The van der Waals surface area contributed by atoms with E-state index in [-0.39, 0.29) is 38.7 Å². The highest BCUT2D eigenvalue weighted by Crippen LogP contribution is 2.49. The Bertz CT molecular complexity index is 1280. The Morgan fingerprint density at radius 1 is 1.00 bits per heavy atom. The number of halogens is 1. The summed E-state index contributed by atoms with van der Waals surface area (Å²) in [4.78, 5) is 13.4. The molecule has 0 aromatic heterocycles. The van der Waals surface area contributed by atoms with E-state index < -0.39 is 24.6 Å². The summed E-state index contributed by atoms with van der Waals surface area (Å²) in [6, 6.07) is 12.0. The van der Waals surface area contributed by atoms with Crippen LogP contribution in [0.15, 0.2) is 52.9 Å². The zero-order valence-corrected chi connectivity index (χ0v) is 23.9. The van der Waals surface area contributed by atoms with Crippen LogP contribution in [-0.4, -0.2) is 42.9 Å². The van der Waals surface area contributed by atoms with Gasteiger partial charge in [-0.3, -0.25) is 22.6 Å². The quantitative estimate of drug-likeness (QED) is 0.142. The van der Waals surface area contributed by atoms with Gasteiger partial charge in [0.15, 0.2) is 0 Å². The van der Waals surface area contributed by atoms with Crippen LogP contribution < -0.4 is 0 Å². The Kier molecular flexibility index (Phi) is 11.2. The normalized spacial score (nSPS) is 15.1. The van der Waals surface area contributed by atoms with Crippen molar-refractivity contribution in [2.24, 2.45) is 0 Å². The number of ether oxygens (including phenoxy) is 1. The molecule has 0 radical (unpaired) electrons. The molecule has 1 unspecified atom stereocenters. The summed E-state index contributed by atoms with van der Waals surface area (Å²) in [6.45, 7) is 6.04. The van der Waals surface area contributed by atoms with Crippen LogP contribution in [-0.2, 0) is 38.5 Å². The van der Waals surface area contributed by atoms with Crippen molar-refractivity contribution in [2.45, 2.75) is 44.9 Å². The van der Waals surface area contributed by atoms with Crippen LogP contribution in [0, 0.1) is 5.82 Å². The van der Waals surface area contributed by atoms with Crippen molar-refractivity contribution < 1.29 is 36.3 Å². The Morgan fingerprint density at radius 2 is 1.71 bits per heavy atom. The lowest BCUT2D eigenvalue weighted by atomic mass is 10.0. The first kappa shape index (κ1) is 30.1. The second-order valence-electron chi connectivity index (χ2n) is 8.60. The first-order chi connectivity index (χ1) is 18.2. The highest BCUT2D eigenvalue weighted by Gasteiger charge is 2.27. The van der Waals surface area contributed by atoms with Gasteiger partial charge in [-0.05, 0) is 97.4 Å². The third-order valence-electron chi connectivity index (χ3n) is 5.90. The number of esters is 1. The van der Waals surface area contributed by atoms with Crippen LogP contribution >= 0.6 is 7.82 Å². The molecule has 0 fully saturated rings. The van der Waals surface area contributed by atoms with E-state index in [1.54, 1.807) is 26.2 Å². The maximum absolute atomic E-state index is 14.2. The van der Waals surface area contributed by atoms with Crippen LogP contribution in [0.5, 0.6) is 0 Å². The molecule has 206 valence electrons. The molecule has 0 amide bonds. The predicted molar refractivity (Wildman–Crippen MR) is 147 cm³/mol. The van der Waals surface area contributed by atoms with Gasteiger partial charge in [-0.2, -0.15) is 0 Å². The lowest BCUT2D eigenvalue weighted by molar-refractivity contribution is -0.142. The van der Waals surface area contributed by atoms with Gasteiger partial charge in [0.1, 0.15) is 5.82 Å². The van der Waals surface area contributed by atoms with Crippen molar-refractivity contribution in [1.29, 1.82) is 0 Å². The third kappa shape index (κ3) is 8.04. The highest BCUT2D eigenvalue weighted by molar-refractivity contribution is 7.84. The number of fused-ring (bicyclic) bond motifs is 1. The van der Waals surface area contributed by atoms with E-state index in [0.29, 0.717) is 28.9 Å². The summed E-state index contributed by atoms with van der Waals surface area (Å²) < 4.78 is 59.2. The van der Waals surface area contributed by atoms with E-state index >= 15 is 0 Å². The van der Waals surface area contributed by atoms with Crippen molar-refractivity contribution in [3.05, 3.63) is 70.5 Å². The fraction of sp³-hybridized carbons (Fsp3) is 0.393. The Labute approximate surface area is 226 Å². The predicted octanol–water partition coefficient (Wildman–Crippen LogP) is 6.80. The average molecular weight is 565 g/mol. The van der Waals surface area contributed by atoms with Gasteiger partial charge in [-0.1, -0.05) is 18.2 Å². The number of unbranched alkanes of at least 4 members (excludes halogenated alkanes) is 1. The molecule has 1 aliphatic carbocycles. The fourth-order valence-corrected chi connectivity index (χ4v) is 5.90. The number of benzene rings is 2. The number of carbonyl (C=O) groups excluding carboxylic acids is 1. The number of allylic oxidation sites excluding steroid dienone is 2. The number of hydrogen-bond acceptors (Lipinski definition) is 7. The van der Waals surface area contributed by atoms with Gasteiger partial charge in [-0.15, -0.1) is 0 Å². The molecule has 0 bridgehead atoms. The molecule has 0 aliphatic heterocycles. The molecule has 3 rings (SSSR count). The molecule has 0 N–H and O–H groups in total. The first-order valence-corrected chi connectivity index (χ1v) is 15.5. The van der Waals surface area contributed by atoms with Gasteiger partial charge >= 0.3 is 13.8 Å². The maximum Gasteiger partial charge on any atom is 0.474 e. The lowest BCUT2D eigenvalue weighted by Gasteiger charge is -2.16. The van der Waals surface area contributed by atoms with E-state index in [4.69, 9.17) is 18.3 Å². The molecule has 1 aliphatic rings. The van der Waals surface area contributed by atoms with Gasteiger partial charge in [0.05, 0.1) is 32.8 Å². The van der Waals surface area contributed by atoms with Gasteiger partial charge in [-0.25, -0.2) is 8.96 Å². The monoisotopic (exact) mass is 564 g/mol. The molecule has 2 aromatic rings. The minimum Gasteiger partial charge on any atom is -0.465 e. The molecule has 0 heterocycles. The number of hydrogen-bond donors (Lipinski definition) is 0. The van der Waals surface area contributed by atoms with Gasteiger partial charge < -0.3 is 4.74 Å². The number of rotatable bonds is 14. The first-order valence-electron chi connectivity index (χ1n) is 12.5. The highest BCUT2D eigenvalue weighted by atomic mass is 32.2. The van der Waals surface area contributed by atoms with E-state index in [1.165, 1.54) is 12.1 Å². The SMILES string of the molecule is CCOP(=O)(OCC)OCCCCOC(=O)CC1=C(C)/C(=C/c2cccc(S(C)=O)c2)c2ccc(F)cc21. The minimum absolute atomic E-state index is 0.000967.